The summed E-state index contributed by atoms with van der Waals surface area (Å²) in [6, 6.07) is 3.05. The highest BCUT2D eigenvalue weighted by molar-refractivity contribution is 6.01. The number of nitrogens with zero attached hydrogens (tertiary/aromatic N) is 2. The third-order valence-electron chi connectivity index (χ3n) is 3.44. The highest BCUT2D eigenvalue weighted by atomic mass is 16.4. The van der Waals surface area contributed by atoms with Gasteiger partial charge in [0, 0.05) is 12.1 Å². The molecule has 0 bridgehead atoms. The molecule has 2 N–H and O–H groups in total. The number of rotatable bonds is 2. The number of imidazole rings is 1. The number of aromatic carboxylic acids is 1. The highest BCUT2D eigenvalue weighted by Gasteiger charge is 2.30. The first-order chi connectivity index (χ1) is 9.58. The monoisotopic (exact) mass is 273 g/mol. The average Bonchev–Trinajstić information content (AvgIpc) is 2.87. The molecule has 2 aromatic rings. The van der Waals surface area contributed by atoms with Crippen molar-refractivity contribution in [1.82, 2.24) is 14.7 Å². The van der Waals surface area contributed by atoms with Crippen molar-refractivity contribution in [3.8, 4) is 0 Å². The molecule has 1 aliphatic rings. The summed E-state index contributed by atoms with van der Waals surface area (Å²) in [6.07, 6.45) is 3.59. The standard InChI is InChI=1S/C13H11N3O4/c17-11-4-2-7(12(18)15-11)9-3-1-8(13(19)20)10-5-14-6-16(9)10/h1,3,5-7H,2,4H2,(H,19,20)(H,15,17,18). The van der Waals surface area contributed by atoms with Crippen molar-refractivity contribution in [1.29, 1.82) is 0 Å². The lowest BCUT2D eigenvalue weighted by Gasteiger charge is -2.22. The summed E-state index contributed by atoms with van der Waals surface area (Å²) in [4.78, 5) is 38.2. The number of hydrogen-bond acceptors (Lipinski definition) is 4. The molecule has 7 nitrogen and oxygen atoms in total. The van der Waals surface area contributed by atoms with E-state index in [2.05, 4.69) is 10.3 Å². The van der Waals surface area contributed by atoms with Crippen LogP contribution in [0.2, 0.25) is 0 Å². The van der Waals surface area contributed by atoms with Crippen molar-refractivity contribution < 1.29 is 19.5 Å². The molecule has 3 heterocycles. The fourth-order valence-electron chi connectivity index (χ4n) is 2.48. The molecular weight excluding hydrogens is 262 g/mol. The molecule has 1 atom stereocenters. The number of carboxylic acid groups (broad SMARTS) is 1. The first kappa shape index (κ1) is 12.3. The molecule has 1 fully saturated rings. The molecule has 0 saturated carbocycles. The van der Waals surface area contributed by atoms with Gasteiger partial charge in [-0.25, -0.2) is 9.78 Å². The number of nitrogens with one attached hydrogen (secondary N) is 1. The van der Waals surface area contributed by atoms with E-state index in [-0.39, 0.29) is 23.8 Å². The average molecular weight is 273 g/mol. The summed E-state index contributed by atoms with van der Waals surface area (Å²) < 4.78 is 1.59. The highest BCUT2D eigenvalue weighted by Crippen LogP contribution is 2.26. The number of carbonyl (C=O) groups is 3. The summed E-state index contributed by atoms with van der Waals surface area (Å²) in [7, 11) is 0. The second-order valence-corrected chi connectivity index (χ2v) is 4.63. The van der Waals surface area contributed by atoms with Crippen LogP contribution in [0, 0.1) is 0 Å². The Hall–Kier alpha value is -2.70. The molecule has 2 aromatic heterocycles. The van der Waals surface area contributed by atoms with Crippen molar-refractivity contribution in [3.05, 3.63) is 35.9 Å². The predicted octanol–water partition coefficient (Wildman–Crippen LogP) is 0.553. The van der Waals surface area contributed by atoms with Crippen LogP contribution in [0.5, 0.6) is 0 Å². The van der Waals surface area contributed by atoms with Gasteiger partial charge < -0.3 is 9.51 Å². The zero-order chi connectivity index (χ0) is 14.3. The van der Waals surface area contributed by atoms with Crippen LogP contribution < -0.4 is 5.32 Å². The van der Waals surface area contributed by atoms with Gasteiger partial charge in [0.1, 0.15) is 0 Å². The Morgan fingerprint density at radius 2 is 2.20 bits per heavy atom. The summed E-state index contributed by atoms with van der Waals surface area (Å²) in [5.41, 5.74) is 1.19. The number of piperidine rings is 1. The van der Waals surface area contributed by atoms with Crippen molar-refractivity contribution in [2.45, 2.75) is 18.8 Å². The fourth-order valence-corrected chi connectivity index (χ4v) is 2.48. The molecule has 0 aliphatic carbocycles. The van der Waals surface area contributed by atoms with E-state index in [1.54, 1.807) is 10.5 Å². The predicted molar refractivity (Wildman–Crippen MR) is 67.3 cm³/mol. The number of carboxylic acids is 1. The smallest absolute Gasteiger partial charge is 0.337 e. The van der Waals surface area contributed by atoms with Crippen LogP contribution in [0.4, 0.5) is 0 Å². The molecule has 2 amide bonds. The van der Waals surface area contributed by atoms with Gasteiger partial charge >= 0.3 is 5.97 Å². The molecule has 7 heteroatoms. The number of hydrogen-bond donors (Lipinski definition) is 2. The Morgan fingerprint density at radius 1 is 1.40 bits per heavy atom. The van der Waals surface area contributed by atoms with Gasteiger partial charge in [-0.1, -0.05) is 0 Å². The second-order valence-electron chi connectivity index (χ2n) is 4.63. The lowest BCUT2D eigenvalue weighted by molar-refractivity contribution is -0.134. The third-order valence-corrected chi connectivity index (χ3v) is 3.44. The molecule has 1 aliphatic heterocycles. The summed E-state index contributed by atoms with van der Waals surface area (Å²) in [5, 5.41) is 11.4. The van der Waals surface area contributed by atoms with E-state index in [9.17, 15) is 14.4 Å². The fraction of sp³-hybridized carbons (Fsp3) is 0.231. The van der Waals surface area contributed by atoms with Crippen LogP contribution >= 0.6 is 0 Å². The summed E-state index contributed by atoms with van der Waals surface area (Å²) in [6.45, 7) is 0. The third kappa shape index (κ3) is 1.83. The van der Waals surface area contributed by atoms with Crippen LogP contribution in [0.15, 0.2) is 24.7 Å². The maximum Gasteiger partial charge on any atom is 0.337 e. The minimum absolute atomic E-state index is 0.124. The Kier molecular flexibility index (Phi) is 2.74. The van der Waals surface area contributed by atoms with E-state index in [1.807, 2.05) is 0 Å². The zero-order valence-electron chi connectivity index (χ0n) is 10.4. The molecule has 0 aromatic carbocycles. The molecule has 0 radical (unpaired) electrons. The number of pyridine rings is 1. The maximum atomic E-state index is 11.9. The quantitative estimate of drug-likeness (QED) is 0.778. The largest absolute Gasteiger partial charge is 0.478 e. The minimum Gasteiger partial charge on any atom is -0.478 e. The van der Waals surface area contributed by atoms with Crippen LogP contribution in [-0.4, -0.2) is 32.3 Å². The van der Waals surface area contributed by atoms with Gasteiger partial charge in [-0.2, -0.15) is 0 Å². The van der Waals surface area contributed by atoms with Crippen molar-refractivity contribution in [2.24, 2.45) is 0 Å². The minimum atomic E-state index is -1.05. The van der Waals surface area contributed by atoms with E-state index >= 15 is 0 Å². The van der Waals surface area contributed by atoms with E-state index in [0.29, 0.717) is 17.6 Å². The van der Waals surface area contributed by atoms with E-state index in [1.165, 1.54) is 18.6 Å². The van der Waals surface area contributed by atoms with Crippen molar-refractivity contribution in [3.63, 3.8) is 0 Å². The first-order valence-electron chi connectivity index (χ1n) is 6.10. The van der Waals surface area contributed by atoms with Gasteiger partial charge in [-0.05, 0) is 18.6 Å². The van der Waals surface area contributed by atoms with Crippen LogP contribution in [0.1, 0.15) is 34.8 Å². The van der Waals surface area contributed by atoms with Gasteiger partial charge in [0.15, 0.2) is 0 Å². The van der Waals surface area contributed by atoms with Gasteiger partial charge in [-0.15, -0.1) is 0 Å². The van der Waals surface area contributed by atoms with Gasteiger partial charge in [-0.3, -0.25) is 14.9 Å². The SMILES string of the molecule is O=C1CCC(c2ccc(C(=O)O)c3cncn23)C(=O)N1. The van der Waals surface area contributed by atoms with Gasteiger partial charge in [0.25, 0.3) is 0 Å². The van der Waals surface area contributed by atoms with E-state index in [0.717, 1.165) is 0 Å². The molecular formula is C13H11N3O4. The number of amides is 2. The van der Waals surface area contributed by atoms with Crippen molar-refractivity contribution >= 4 is 23.3 Å². The number of aromatic nitrogens is 2. The van der Waals surface area contributed by atoms with Crippen LogP contribution in [0.25, 0.3) is 5.52 Å². The van der Waals surface area contributed by atoms with Crippen LogP contribution in [0.3, 0.4) is 0 Å². The zero-order valence-corrected chi connectivity index (χ0v) is 10.4. The number of fused-ring (bicyclic) bond motifs is 1. The van der Waals surface area contributed by atoms with Gasteiger partial charge in [0.05, 0.1) is 29.5 Å². The van der Waals surface area contributed by atoms with Crippen molar-refractivity contribution in [2.75, 3.05) is 0 Å². The molecule has 1 unspecified atom stereocenters. The second kappa shape index (κ2) is 4.44. The molecule has 20 heavy (non-hydrogen) atoms. The topological polar surface area (TPSA) is 101 Å². The Labute approximate surface area is 113 Å². The van der Waals surface area contributed by atoms with Crippen LogP contribution in [-0.2, 0) is 9.59 Å². The Bertz CT molecular complexity index is 734. The Balaban J connectivity index is 2.11. The van der Waals surface area contributed by atoms with E-state index < -0.39 is 11.9 Å². The molecule has 3 rings (SSSR count). The molecule has 1 saturated heterocycles. The lowest BCUT2D eigenvalue weighted by Crippen LogP contribution is -2.40. The van der Waals surface area contributed by atoms with Gasteiger partial charge in [0.2, 0.25) is 11.8 Å². The molecule has 0 spiro atoms. The van der Waals surface area contributed by atoms with E-state index in [4.69, 9.17) is 5.11 Å². The molecule has 102 valence electrons. The Morgan fingerprint density at radius 3 is 2.90 bits per heavy atom. The lowest BCUT2D eigenvalue weighted by atomic mass is 9.93. The summed E-state index contributed by atoms with van der Waals surface area (Å²) >= 11 is 0. The first-order valence-corrected chi connectivity index (χ1v) is 6.10. The maximum absolute atomic E-state index is 11.9. The number of imide groups is 1. The summed E-state index contributed by atoms with van der Waals surface area (Å²) in [5.74, 6) is -2.17. The number of carbonyl (C=O) groups excluding carboxylic acids is 2. The normalized spacial score (nSPS) is 19.1.